The highest BCUT2D eigenvalue weighted by Gasteiger charge is 2.36. The minimum Gasteiger partial charge on any atom is -0.467 e. The molecule has 2 aliphatic rings. The predicted octanol–water partition coefficient (Wildman–Crippen LogP) is 3.20. The highest BCUT2D eigenvalue weighted by atomic mass is 16.3. The second-order valence-corrected chi connectivity index (χ2v) is 7.17. The summed E-state index contributed by atoms with van der Waals surface area (Å²) in [5, 5.41) is 0. The monoisotopic (exact) mass is 332 g/mol. The molecule has 5 heteroatoms. The van der Waals surface area contributed by atoms with Crippen molar-refractivity contribution in [2.24, 2.45) is 5.92 Å². The average molecular weight is 332 g/mol. The van der Waals surface area contributed by atoms with E-state index in [1.54, 1.807) is 18.1 Å². The van der Waals surface area contributed by atoms with E-state index in [0.717, 1.165) is 25.1 Å². The van der Waals surface area contributed by atoms with Gasteiger partial charge in [0.05, 0.1) is 12.8 Å². The Kier molecular flexibility index (Phi) is 5.59. The van der Waals surface area contributed by atoms with Gasteiger partial charge in [0, 0.05) is 20.0 Å². The first-order valence-electron chi connectivity index (χ1n) is 9.23. The van der Waals surface area contributed by atoms with Gasteiger partial charge in [0.1, 0.15) is 11.8 Å². The molecule has 1 atom stereocenters. The van der Waals surface area contributed by atoms with E-state index < -0.39 is 0 Å². The van der Waals surface area contributed by atoms with E-state index in [1.165, 1.54) is 32.1 Å². The molecule has 0 spiro atoms. The van der Waals surface area contributed by atoms with Gasteiger partial charge in [0.25, 0.3) is 0 Å². The second-order valence-electron chi connectivity index (χ2n) is 7.17. The number of rotatable bonds is 5. The van der Waals surface area contributed by atoms with Gasteiger partial charge in [0.2, 0.25) is 11.8 Å². The molecule has 5 nitrogen and oxygen atoms in total. The lowest BCUT2D eigenvalue weighted by atomic mass is 9.88. The molecule has 1 saturated carbocycles. The molecule has 0 bridgehead atoms. The van der Waals surface area contributed by atoms with Crippen molar-refractivity contribution in [1.29, 1.82) is 0 Å². The fraction of sp³-hybridized carbons (Fsp3) is 0.684. The number of carbonyl (C=O) groups excluding carboxylic acids is 2. The van der Waals surface area contributed by atoms with Gasteiger partial charge in [-0.15, -0.1) is 0 Å². The summed E-state index contributed by atoms with van der Waals surface area (Å²) in [5.41, 5.74) is 0. The van der Waals surface area contributed by atoms with Crippen molar-refractivity contribution in [3.8, 4) is 0 Å². The first-order valence-corrected chi connectivity index (χ1v) is 9.23. The van der Waals surface area contributed by atoms with Crippen LogP contribution in [0.4, 0.5) is 0 Å². The Morgan fingerprint density at radius 1 is 1.21 bits per heavy atom. The summed E-state index contributed by atoms with van der Waals surface area (Å²) in [7, 11) is 0. The van der Waals surface area contributed by atoms with Crippen LogP contribution in [0.2, 0.25) is 0 Å². The van der Waals surface area contributed by atoms with Gasteiger partial charge in [-0.25, -0.2) is 0 Å². The zero-order valence-electron chi connectivity index (χ0n) is 14.6. The summed E-state index contributed by atoms with van der Waals surface area (Å²) in [4.78, 5) is 28.6. The minimum absolute atomic E-state index is 0.00136. The van der Waals surface area contributed by atoms with Gasteiger partial charge < -0.3 is 14.2 Å². The van der Waals surface area contributed by atoms with Crippen molar-refractivity contribution >= 4 is 11.8 Å². The van der Waals surface area contributed by atoms with E-state index in [-0.39, 0.29) is 17.9 Å². The molecule has 2 fully saturated rings. The summed E-state index contributed by atoms with van der Waals surface area (Å²) in [5.74, 6) is 1.47. The van der Waals surface area contributed by atoms with Crippen molar-refractivity contribution in [3.63, 3.8) is 0 Å². The zero-order chi connectivity index (χ0) is 16.9. The summed E-state index contributed by atoms with van der Waals surface area (Å²) in [6.07, 6.45) is 9.56. The van der Waals surface area contributed by atoms with Crippen LogP contribution in [0.5, 0.6) is 0 Å². The molecule has 0 radical (unpaired) electrons. The van der Waals surface area contributed by atoms with E-state index in [1.807, 2.05) is 17.0 Å². The Balaban J connectivity index is 1.72. The van der Waals surface area contributed by atoms with Crippen molar-refractivity contribution in [2.45, 2.75) is 64.5 Å². The van der Waals surface area contributed by atoms with Gasteiger partial charge in [-0.05, 0) is 43.7 Å². The van der Waals surface area contributed by atoms with Crippen LogP contribution in [0.1, 0.15) is 57.6 Å². The molecule has 1 aliphatic carbocycles. The third-order valence-electron chi connectivity index (χ3n) is 5.38. The number of hydrogen-bond acceptors (Lipinski definition) is 3. The first kappa shape index (κ1) is 17.1. The Hall–Kier alpha value is -1.78. The van der Waals surface area contributed by atoms with E-state index >= 15 is 0 Å². The second kappa shape index (κ2) is 7.86. The van der Waals surface area contributed by atoms with Crippen LogP contribution in [-0.2, 0) is 16.1 Å². The molecule has 3 rings (SSSR count). The molecular formula is C19H28N2O3. The molecule has 2 amide bonds. The van der Waals surface area contributed by atoms with Gasteiger partial charge in [-0.2, -0.15) is 0 Å². The summed E-state index contributed by atoms with van der Waals surface area (Å²) >= 11 is 0. The van der Waals surface area contributed by atoms with Crippen LogP contribution in [0.3, 0.4) is 0 Å². The Morgan fingerprint density at radius 2 is 2.00 bits per heavy atom. The summed E-state index contributed by atoms with van der Waals surface area (Å²) in [6.45, 7) is 3.54. The number of nitrogens with zero attached hydrogens (tertiary/aromatic N) is 2. The molecule has 0 aromatic carbocycles. The van der Waals surface area contributed by atoms with Gasteiger partial charge in [-0.3, -0.25) is 9.59 Å². The fourth-order valence-corrected chi connectivity index (χ4v) is 4.12. The third-order valence-corrected chi connectivity index (χ3v) is 5.38. The zero-order valence-corrected chi connectivity index (χ0v) is 14.6. The molecule has 1 saturated heterocycles. The molecule has 1 aromatic heterocycles. The van der Waals surface area contributed by atoms with Crippen molar-refractivity contribution in [2.75, 3.05) is 13.1 Å². The molecule has 0 N–H and O–H groups in total. The molecule has 0 unspecified atom stereocenters. The lowest BCUT2D eigenvalue weighted by molar-refractivity contribution is -0.144. The van der Waals surface area contributed by atoms with Crippen LogP contribution in [-0.4, -0.2) is 40.7 Å². The summed E-state index contributed by atoms with van der Waals surface area (Å²) in [6, 6.07) is 3.48. The van der Waals surface area contributed by atoms with Crippen LogP contribution in [0.25, 0.3) is 0 Å². The molecule has 2 heterocycles. The topological polar surface area (TPSA) is 53.8 Å². The van der Waals surface area contributed by atoms with Gasteiger partial charge in [0.15, 0.2) is 0 Å². The van der Waals surface area contributed by atoms with Crippen molar-refractivity contribution < 1.29 is 14.0 Å². The number of likely N-dealkylation sites (tertiary alicyclic amines) is 1. The Bertz CT molecular complexity index is 549. The van der Waals surface area contributed by atoms with E-state index in [9.17, 15) is 9.59 Å². The molecule has 1 aromatic rings. The average Bonchev–Trinajstić information content (AvgIpc) is 3.26. The quantitative estimate of drug-likeness (QED) is 0.832. The predicted molar refractivity (Wildman–Crippen MR) is 91.1 cm³/mol. The molecule has 132 valence electrons. The van der Waals surface area contributed by atoms with Crippen molar-refractivity contribution in [1.82, 2.24) is 9.80 Å². The standard InChI is InChI=1S/C19H28N2O3/c1-15(22)21-11-5-10-18(21)19(23)20(14-17-9-6-12-24-17)13-16-7-3-2-4-8-16/h6,9,12,16,18H,2-5,7-8,10-11,13-14H2,1H3/t18-/m1/s1. The smallest absolute Gasteiger partial charge is 0.245 e. The number of furan rings is 1. The normalized spacial score (nSPS) is 21.9. The summed E-state index contributed by atoms with van der Waals surface area (Å²) < 4.78 is 5.47. The first-order chi connectivity index (χ1) is 11.6. The van der Waals surface area contributed by atoms with Gasteiger partial charge in [-0.1, -0.05) is 19.3 Å². The number of hydrogen-bond donors (Lipinski definition) is 0. The van der Waals surface area contributed by atoms with Crippen LogP contribution in [0, 0.1) is 5.92 Å². The Labute approximate surface area is 144 Å². The maximum atomic E-state index is 13.2. The third kappa shape index (κ3) is 4.00. The lowest BCUT2D eigenvalue weighted by Gasteiger charge is -2.33. The van der Waals surface area contributed by atoms with E-state index in [4.69, 9.17) is 4.42 Å². The largest absolute Gasteiger partial charge is 0.467 e. The fourth-order valence-electron chi connectivity index (χ4n) is 4.12. The van der Waals surface area contributed by atoms with Crippen LogP contribution < -0.4 is 0 Å². The van der Waals surface area contributed by atoms with Crippen molar-refractivity contribution in [3.05, 3.63) is 24.2 Å². The highest BCUT2D eigenvalue weighted by molar-refractivity contribution is 5.87. The number of amides is 2. The molecule has 24 heavy (non-hydrogen) atoms. The molecular weight excluding hydrogens is 304 g/mol. The lowest BCUT2D eigenvalue weighted by Crippen LogP contribution is -2.48. The SMILES string of the molecule is CC(=O)N1CCC[C@@H]1C(=O)N(Cc1ccco1)CC1CCCCC1. The van der Waals surface area contributed by atoms with Gasteiger partial charge >= 0.3 is 0 Å². The molecule has 1 aliphatic heterocycles. The van der Waals surface area contributed by atoms with Crippen LogP contribution >= 0.6 is 0 Å². The van der Waals surface area contributed by atoms with E-state index in [2.05, 4.69) is 0 Å². The van der Waals surface area contributed by atoms with E-state index in [0.29, 0.717) is 19.0 Å². The van der Waals surface area contributed by atoms with Crippen LogP contribution in [0.15, 0.2) is 22.8 Å². The maximum Gasteiger partial charge on any atom is 0.245 e. The minimum atomic E-state index is -0.291. The number of carbonyl (C=O) groups is 2. The highest BCUT2D eigenvalue weighted by Crippen LogP contribution is 2.27. The Morgan fingerprint density at radius 3 is 2.67 bits per heavy atom. The maximum absolute atomic E-state index is 13.2.